The van der Waals surface area contributed by atoms with Crippen LogP contribution in [0.4, 0.5) is 9.18 Å². The minimum atomic E-state index is -0.421. The highest BCUT2D eigenvalue weighted by molar-refractivity contribution is 5.93. The van der Waals surface area contributed by atoms with Crippen molar-refractivity contribution in [2.75, 3.05) is 33.3 Å². The number of aryl methyl sites for hydroxylation is 1. The number of halogens is 1. The van der Waals surface area contributed by atoms with E-state index in [2.05, 4.69) is 20.8 Å². The number of nitrogens with one attached hydrogen (secondary N) is 3. The summed E-state index contributed by atoms with van der Waals surface area (Å²) < 4.78 is 18.5. The number of likely N-dealkylation sites (N-methyl/N-ethyl adjacent to an activating group) is 1. The van der Waals surface area contributed by atoms with Crippen LogP contribution in [-0.4, -0.2) is 60.4 Å². The first-order chi connectivity index (χ1) is 14.5. The van der Waals surface area contributed by atoms with E-state index in [1.165, 1.54) is 12.1 Å². The van der Waals surface area contributed by atoms with Crippen molar-refractivity contribution in [2.24, 2.45) is 0 Å². The first kappa shape index (κ1) is 21.5. The summed E-state index contributed by atoms with van der Waals surface area (Å²) in [5, 5.41) is 12.6. The third-order valence-electron chi connectivity index (χ3n) is 4.74. The van der Waals surface area contributed by atoms with Gasteiger partial charge in [-0.3, -0.25) is 5.10 Å². The summed E-state index contributed by atoms with van der Waals surface area (Å²) in [7, 11) is 1.93. The molecule has 0 saturated heterocycles. The van der Waals surface area contributed by atoms with Crippen molar-refractivity contribution >= 4 is 12.0 Å². The van der Waals surface area contributed by atoms with Gasteiger partial charge >= 0.3 is 12.0 Å². The monoisotopic (exact) mass is 415 g/mol. The molecule has 30 heavy (non-hydrogen) atoms. The number of hydrogen-bond donors (Lipinski definition) is 3. The maximum absolute atomic E-state index is 13.4. The summed E-state index contributed by atoms with van der Waals surface area (Å²) in [6, 6.07) is 7.93. The standard InChI is InChI=1S/C21H26FN5O3/c1-3-30-20(28)17-12-23-21(29)24-19(17)13-27(2)9-5-8-16-11-18(26-25-16)14-6-4-7-15(22)10-14/h4,6-7,10-11H,3,5,8-9,12-13H2,1-2H3,(H,25,26)(H2,23,24,29). The van der Waals surface area contributed by atoms with Crippen LogP contribution in [0.25, 0.3) is 11.3 Å². The lowest BCUT2D eigenvalue weighted by Crippen LogP contribution is -2.46. The van der Waals surface area contributed by atoms with E-state index in [-0.39, 0.29) is 25.0 Å². The second-order valence-electron chi connectivity index (χ2n) is 7.12. The predicted octanol–water partition coefficient (Wildman–Crippen LogP) is 2.21. The van der Waals surface area contributed by atoms with Gasteiger partial charge < -0.3 is 20.3 Å². The molecule has 8 nitrogen and oxygen atoms in total. The van der Waals surface area contributed by atoms with Gasteiger partial charge in [0.25, 0.3) is 0 Å². The Hall–Kier alpha value is -3.20. The number of carbonyl (C=O) groups is 2. The van der Waals surface area contributed by atoms with Crippen molar-refractivity contribution in [3.8, 4) is 11.3 Å². The van der Waals surface area contributed by atoms with E-state index in [0.29, 0.717) is 23.5 Å². The molecule has 2 heterocycles. The lowest BCUT2D eigenvalue weighted by molar-refractivity contribution is -0.138. The normalized spacial score (nSPS) is 13.9. The minimum absolute atomic E-state index is 0.158. The van der Waals surface area contributed by atoms with Crippen molar-refractivity contribution in [2.45, 2.75) is 19.8 Å². The fraction of sp³-hybridized carbons (Fsp3) is 0.381. The van der Waals surface area contributed by atoms with Gasteiger partial charge in [0.1, 0.15) is 5.82 Å². The third-order valence-corrected chi connectivity index (χ3v) is 4.74. The molecule has 3 rings (SSSR count). The summed E-state index contributed by atoms with van der Waals surface area (Å²) in [5.41, 5.74) is 3.41. The van der Waals surface area contributed by atoms with E-state index in [4.69, 9.17) is 4.74 Å². The van der Waals surface area contributed by atoms with Crippen LogP contribution in [0.5, 0.6) is 0 Å². The second kappa shape index (κ2) is 10.0. The zero-order chi connectivity index (χ0) is 21.5. The van der Waals surface area contributed by atoms with Crippen LogP contribution in [0.3, 0.4) is 0 Å². The molecule has 1 aromatic carbocycles. The van der Waals surface area contributed by atoms with Gasteiger partial charge in [-0.05, 0) is 51.6 Å². The predicted molar refractivity (Wildman–Crippen MR) is 110 cm³/mol. The van der Waals surface area contributed by atoms with Crippen molar-refractivity contribution in [1.29, 1.82) is 0 Å². The summed E-state index contributed by atoms with van der Waals surface area (Å²) in [4.78, 5) is 25.8. The SMILES string of the molecule is CCOC(=O)C1=C(CN(C)CCCc2cc(-c3cccc(F)c3)n[nH]2)NC(=O)NC1. The third kappa shape index (κ3) is 5.66. The Balaban J connectivity index is 1.53. The fourth-order valence-corrected chi connectivity index (χ4v) is 3.25. The zero-order valence-corrected chi connectivity index (χ0v) is 17.1. The van der Waals surface area contributed by atoms with Gasteiger partial charge in [-0.2, -0.15) is 5.10 Å². The van der Waals surface area contributed by atoms with Crippen molar-refractivity contribution < 1.29 is 18.7 Å². The lowest BCUT2D eigenvalue weighted by atomic mass is 10.1. The number of esters is 1. The van der Waals surface area contributed by atoms with E-state index >= 15 is 0 Å². The number of amides is 2. The number of hydrogen-bond acceptors (Lipinski definition) is 5. The van der Waals surface area contributed by atoms with E-state index in [0.717, 1.165) is 30.6 Å². The lowest BCUT2D eigenvalue weighted by Gasteiger charge is -2.25. The molecule has 1 aromatic heterocycles. The molecular weight excluding hydrogens is 389 g/mol. The van der Waals surface area contributed by atoms with Crippen LogP contribution in [0.2, 0.25) is 0 Å². The molecule has 0 aliphatic carbocycles. The van der Waals surface area contributed by atoms with E-state index in [1.807, 2.05) is 24.1 Å². The molecule has 1 aliphatic heterocycles. The van der Waals surface area contributed by atoms with Crippen LogP contribution in [0.15, 0.2) is 41.6 Å². The molecule has 2 amide bonds. The average Bonchev–Trinajstić information content (AvgIpc) is 3.17. The Bertz CT molecular complexity index is 940. The highest BCUT2D eigenvalue weighted by Crippen LogP contribution is 2.19. The van der Waals surface area contributed by atoms with Crippen molar-refractivity contribution in [1.82, 2.24) is 25.7 Å². The molecule has 0 bridgehead atoms. The van der Waals surface area contributed by atoms with Crippen LogP contribution in [-0.2, 0) is 16.0 Å². The number of urea groups is 1. The number of H-pyrrole nitrogens is 1. The summed E-state index contributed by atoms with van der Waals surface area (Å²) >= 11 is 0. The number of aromatic amines is 1. The Morgan fingerprint density at radius 3 is 2.93 bits per heavy atom. The fourth-order valence-electron chi connectivity index (χ4n) is 3.25. The molecule has 160 valence electrons. The zero-order valence-electron chi connectivity index (χ0n) is 17.1. The molecule has 0 spiro atoms. The molecule has 3 N–H and O–H groups in total. The highest BCUT2D eigenvalue weighted by Gasteiger charge is 2.24. The van der Waals surface area contributed by atoms with Crippen molar-refractivity contribution in [3.05, 3.63) is 53.1 Å². The minimum Gasteiger partial charge on any atom is -0.463 e. The Morgan fingerprint density at radius 1 is 1.33 bits per heavy atom. The largest absolute Gasteiger partial charge is 0.463 e. The summed E-state index contributed by atoms with van der Waals surface area (Å²) in [5.74, 6) is -0.712. The first-order valence-electron chi connectivity index (χ1n) is 9.89. The highest BCUT2D eigenvalue weighted by atomic mass is 19.1. The maximum Gasteiger partial charge on any atom is 0.337 e. The van der Waals surface area contributed by atoms with Gasteiger partial charge in [-0.1, -0.05) is 12.1 Å². The second-order valence-corrected chi connectivity index (χ2v) is 7.12. The number of benzene rings is 1. The average molecular weight is 415 g/mol. The molecule has 0 unspecified atom stereocenters. The summed E-state index contributed by atoms with van der Waals surface area (Å²) in [6.07, 6.45) is 1.61. The molecule has 2 aromatic rings. The van der Waals surface area contributed by atoms with Crippen molar-refractivity contribution in [3.63, 3.8) is 0 Å². The quantitative estimate of drug-likeness (QED) is 0.546. The Labute approximate surface area is 174 Å². The van der Waals surface area contributed by atoms with Crippen LogP contribution >= 0.6 is 0 Å². The molecule has 9 heteroatoms. The topological polar surface area (TPSA) is 99.3 Å². The Morgan fingerprint density at radius 2 is 2.17 bits per heavy atom. The number of rotatable bonds is 9. The number of ether oxygens (including phenoxy) is 1. The van der Waals surface area contributed by atoms with Crippen LogP contribution < -0.4 is 10.6 Å². The van der Waals surface area contributed by atoms with Gasteiger partial charge in [-0.25, -0.2) is 14.0 Å². The van der Waals surface area contributed by atoms with Crippen LogP contribution in [0.1, 0.15) is 19.0 Å². The smallest absolute Gasteiger partial charge is 0.337 e. The molecule has 0 saturated carbocycles. The molecule has 0 radical (unpaired) electrons. The van der Waals surface area contributed by atoms with Gasteiger partial charge in [0.15, 0.2) is 0 Å². The first-order valence-corrected chi connectivity index (χ1v) is 9.89. The van der Waals surface area contributed by atoms with E-state index in [1.54, 1.807) is 13.0 Å². The van der Waals surface area contributed by atoms with Gasteiger partial charge in [-0.15, -0.1) is 0 Å². The van der Waals surface area contributed by atoms with E-state index < -0.39 is 5.97 Å². The van der Waals surface area contributed by atoms with Gasteiger partial charge in [0.2, 0.25) is 0 Å². The number of aromatic nitrogens is 2. The Kier molecular flexibility index (Phi) is 7.18. The molecule has 0 fully saturated rings. The molecular formula is C21H26FN5O3. The number of carbonyl (C=O) groups excluding carboxylic acids is 2. The molecule has 0 atom stereocenters. The van der Waals surface area contributed by atoms with Gasteiger partial charge in [0.05, 0.1) is 24.4 Å². The number of nitrogens with zero attached hydrogens (tertiary/aromatic N) is 2. The summed E-state index contributed by atoms with van der Waals surface area (Å²) in [6.45, 7) is 3.36. The molecule has 1 aliphatic rings. The van der Waals surface area contributed by atoms with Crippen LogP contribution in [0, 0.1) is 5.82 Å². The van der Waals surface area contributed by atoms with Gasteiger partial charge in [0, 0.05) is 23.5 Å². The maximum atomic E-state index is 13.4. The van der Waals surface area contributed by atoms with E-state index in [9.17, 15) is 14.0 Å².